The van der Waals surface area contributed by atoms with Crippen LogP contribution in [0.3, 0.4) is 0 Å². The summed E-state index contributed by atoms with van der Waals surface area (Å²) in [5.41, 5.74) is 8.90. The number of fused-ring (bicyclic) bond motifs is 3. The summed E-state index contributed by atoms with van der Waals surface area (Å²) in [7, 11) is 0. The Morgan fingerprint density at radius 1 is 0.943 bits per heavy atom. The number of nitrogens with zero attached hydrogens (tertiary/aromatic N) is 3. The summed E-state index contributed by atoms with van der Waals surface area (Å²) in [6.45, 7) is 3.17. The zero-order valence-corrected chi connectivity index (χ0v) is 20.3. The molecule has 9 heteroatoms. The molecular weight excluding hydrogens is 464 g/mol. The third-order valence-electron chi connectivity index (χ3n) is 8.06. The molecule has 0 bridgehead atoms. The molecule has 1 aliphatic carbocycles. The van der Waals surface area contributed by atoms with Gasteiger partial charge >= 0.3 is 0 Å². The first kappa shape index (κ1) is 22.8. The Morgan fingerprint density at radius 3 is 2.43 bits per heavy atom. The molecule has 6 rings (SSSR count). The number of carbonyl (C=O) groups excluding carboxylic acids is 2. The second-order valence-electron chi connectivity index (χ2n) is 9.98. The van der Waals surface area contributed by atoms with E-state index in [-0.39, 0.29) is 41.9 Å². The second kappa shape index (κ2) is 9.43. The second-order valence-corrected chi connectivity index (χ2v) is 10.4. The van der Waals surface area contributed by atoms with Crippen molar-refractivity contribution < 1.29 is 9.59 Å². The van der Waals surface area contributed by atoms with Crippen LogP contribution in [-0.2, 0) is 9.59 Å². The van der Waals surface area contributed by atoms with Crippen molar-refractivity contribution in [1.82, 2.24) is 26.2 Å². The van der Waals surface area contributed by atoms with E-state index in [0.717, 1.165) is 44.6 Å². The Hall–Kier alpha value is -2.65. The Balaban J connectivity index is 1.12. The highest BCUT2D eigenvalue weighted by Gasteiger charge is 2.51. The summed E-state index contributed by atoms with van der Waals surface area (Å²) in [4.78, 5) is 30.9. The fourth-order valence-corrected chi connectivity index (χ4v) is 6.28. The Morgan fingerprint density at radius 2 is 1.69 bits per heavy atom. The molecule has 4 aliphatic rings. The molecule has 8 nitrogen and oxygen atoms in total. The number of hydrogen-bond acceptors (Lipinski definition) is 6. The van der Waals surface area contributed by atoms with Crippen LogP contribution in [0.4, 0.5) is 5.69 Å². The Bertz CT molecular complexity index is 1080. The topological polar surface area (TPSA) is 79.9 Å². The van der Waals surface area contributed by atoms with Crippen LogP contribution in [-0.4, -0.2) is 60.1 Å². The van der Waals surface area contributed by atoms with Crippen LogP contribution in [0.5, 0.6) is 0 Å². The number of carbonyl (C=O) groups is 2. The van der Waals surface area contributed by atoms with Crippen molar-refractivity contribution in [2.24, 2.45) is 11.8 Å². The predicted molar refractivity (Wildman–Crippen MR) is 134 cm³/mol. The first-order valence-electron chi connectivity index (χ1n) is 12.5. The van der Waals surface area contributed by atoms with E-state index >= 15 is 0 Å². The third kappa shape index (κ3) is 4.29. The molecule has 3 saturated heterocycles. The summed E-state index contributed by atoms with van der Waals surface area (Å²) in [6.07, 6.45) is 1.97. The van der Waals surface area contributed by atoms with Gasteiger partial charge < -0.3 is 15.1 Å². The van der Waals surface area contributed by atoms with Crippen LogP contribution in [0.1, 0.15) is 30.9 Å². The predicted octanol–water partition coefficient (Wildman–Crippen LogP) is 2.30. The molecule has 0 spiro atoms. The number of piperazine rings is 1. The third-order valence-corrected chi connectivity index (χ3v) is 8.31. The zero-order chi connectivity index (χ0) is 23.9. The fourth-order valence-electron chi connectivity index (χ4n) is 6.15. The highest BCUT2D eigenvalue weighted by molar-refractivity contribution is 6.30. The van der Waals surface area contributed by atoms with E-state index in [1.165, 1.54) is 5.69 Å². The number of benzene rings is 2. The molecular formula is C26H31ClN6O2. The highest BCUT2D eigenvalue weighted by atomic mass is 35.5. The summed E-state index contributed by atoms with van der Waals surface area (Å²) < 4.78 is 0. The largest absolute Gasteiger partial charge is 0.368 e. The number of para-hydroxylation sites is 1. The molecule has 3 aliphatic heterocycles. The van der Waals surface area contributed by atoms with Gasteiger partial charge in [-0.1, -0.05) is 41.9 Å². The summed E-state index contributed by atoms with van der Waals surface area (Å²) in [6, 6.07) is 17.9. The summed E-state index contributed by atoms with van der Waals surface area (Å²) >= 11 is 6.06. The summed E-state index contributed by atoms with van der Waals surface area (Å²) in [5.74, 6) is 0.161. The van der Waals surface area contributed by atoms with Gasteiger partial charge in [0.1, 0.15) is 6.17 Å². The van der Waals surface area contributed by atoms with Gasteiger partial charge in [-0.2, -0.15) is 5.53 Å². The number of halogens is 1. The molecule has 0 radical (unpaired) electrons. The van der Waals surface area contributed by atoms with Crippen molar-refractivity contribution in [3.8, 4) is 0 Å². The number of hydrogen-bond donors (Lipinski definition) is 3. The first-order chi connectivity index (χ1) is 17.1. The smallest absolute Gasteiger partial charge is 0.226 e. The normalized spacial score (nSPS) is 31.0. The summed E-state index contributed by atoms with van der Waals surface area (Å²) in [5, 5.41) is 6.00. The maximum Gasteiger partial charge on any atom is 0.226 e. The zero-order valence-electron chi connectivity index (χ0n) is 19.6. The quantitative estimate of drug-likeness (QED) is 0.607. The number of rotatable bonds is 3. The van der Waals surface area contributed by atoms with Gasteiger partial charge in [-0.15, -0.1) is 0 Å². The molecule has 2 amide bonds. The van der Waals surface area contributed by atoms with Crippen LogP contribution < -0.4 is 21.2 Å². The van der Waals surface area contributed by atoms with Crippen LogP contribution in [0.2, 0.25) is 5.02 Å². The molecule has 2 aromatic rings. The molecule has 5 unspecified atom stereocenters. The minimum Gasteiger partial charge on any atom is -0.368 e. The van der Waals surface area contributed by atoms with Gasteiger partial charge in [-0.25, -0.2) is 10.4 Å². The van der Waals surface area contributed by atoms with Crippen LogP contribution in [0, 0.1) is 11.8 Å². The number of hydrazine groups is 2. The molecule has 1 saturated carbocycles. The fraction of sp³-hybridized carbons (Fsp3) is 0.462. The van der Waals surface area contributed by atoms with E-state index < -0.39 is 0 Å². The minimum absolute atomic E-state index is 0.0214. The highest BCUT2D eigenvalue weighted by Crippen LogP contribution is 2.39. The average Bonchev–Trinajstić information content (AvgIpc) is 3.33. The van der Waals surface area contributed by atoms with Crippen molar-refractivity contribution in [2.75, 3.05) is 31.1 Å². The maximum atomic E-state index is 13.5. The average molecular weight is 495 g/mol. The standard InChI is InChI=1S/C26H31ClN6O2/c27-19-9-6-17(7-10-19)23-24-28-25(34)21-11-8-18(16-22(21)33(24)30-29-23)26(35)32-14-12-31(13-15-32)20-4-2-1-3-5-20/h1-7,9-10,18,21-24,29-30H,8,11-16H2,(H,28,34). The molecule has 2 aromatic carbocycles. The molecule has 3 heterocycles. The van der Waals surface area contributed by atoms with Crippen LogP contribution in [0.15, 0.2) is 54.6 Å². The lowest BCUT2D eigenvalue weighted by atomic mass is 9.75. The van der Waals surface area contributed by atoms with E-state index in [0.29, 0.717) is 11.4 Å². The SMILES string of the molecule is O=C1NC2C(c3ccc(Cl)cc3)NNN2C2CC(C(=O)N3CCN(c4ccccc4)CC3)CCC12. The van der Waals surface area contributed by atoms with E-state index in [4.69, 9.17) is 11.6 Å². The lowest BCUT2D eigenvalue weighted by Crippen LogP contribution is -2.66. The van der Waals surface area contributed by atoms with E-state index in [1.54, 1.807) is 0 Å². The Labute approximate surface area is 210 Å². The van der Waals surface area contributed by atoms with Gasteiger partial charge in [-0.3, -0.25) is 9.59 Å². The number of amides is 2. The van der Waals surface area contributed by atoms with Gasteiger partial charge in [0.15, 0.2) is 0 Å². The van der Waals surface area contributed by atoms with E-state index in [1.807, 2.05) is 35.2 Å². The van der Waals surface area contributed by atoms with Crippen molar-refractivity contribution in [2.45, 2.75) is 37.5 Å². The molecule has 4 fully saturated rings. The lowest BCUT2D eigenvalue weighted by molar-refractivity contribution is -0.147. The minimum atomic E-state index is -0.215. The van der Waals surface area contributed by atoms with E-state index in [2.05, 4.69) is 50.5 Å². The van der Waals surface area contributed by atoms with Gasteiger partial charge in [0.05, 0.1) is 12.0 Å². The first-order valence-corrected chi connectivity index (χ1v) is 12.9. The molecule has 5 atom stereocenters. The van der Waals surface area contributed by atoms with E-state index in [9.17, 15) is 9.59 Å². The Kier molecular flexibility index (Phi) is 6.14. The van der Waals surface area contributed by atoms with Crippen molar-refractivity contribution >= 4 is 29.1 Å². The molecule has 3 N–H and O–H groups in total. The monoisotopic (exact) mass is 494 g/mol. The number of nitrogens with one attached hydrogen (secondary N) is 3. The molecule has 184 valence electrons. The van der Waals surface area contributed by atoms with Gasteiger partial charge in [-0.05, 0) is 49.1 Å². The van der Waals surface area contributed by atoms with Crippen molar-refractivity contribution in [3.05, 3.63) is 65.2 Å². The molecule has 0 aromatic heterocycles. The molecule has 35 heavy (non-hydrogen) atoms. The van der Waals surface area contributed by atoms with Crippen LogP contribution >= 0.6 is 11.6 Å². The maximum absolute atomic E-state index is 13.5. The van der Waals surface area contributed by atoms with Gasteiger partial charge in [0.2, 0.25) is 11.8 Å². The lowest BCUT2D eigenvalue weighted by Gasteiger charge is -2.47. The van der Waals surface area contributed by atoms with Crippen LogP contribution in [0.25, 0.3) is 0 Å². The van der Waals surface area contributed by atoms with Gasteiger partial charge in [0.25, 0.3) is 0 Å². The van der Waals surface area contributed by atoms with Crippen molar-refractivity contribution in [1.29, 1.82) is 0 Å². The van der Waals surface area contributed by atoms with Crippen molar-refractivity contribution in [3.63, 3.8) is 0 Å². The number of anilines is 1. The van der Waals surface area contributed by atoms with Gasteiger partial charge in [0, 0.05) is 48.8 Å².